The van der Waals surface area contributed by atoms with Gasteiger partial charge in [0.15, 0.2) is 0 Å². The number of hydrogen-bond acceptors (Lipinski definition) is 4. The number of carboxylic acid groups (broad SMARTS) is 1. The second kappa shape index (κ2) is 9.56. The monoisotopic (exact) mass is 444 g/mol. The summed E-state index contributed by atoms with van der Waals surface area (Å²) < 4.78 is 5.54. The third-order valence-electron chi connectivity index (χ3n) is 5.76. The number of carboxylic acids is 1. The fraction of sp³-hybridized carbons (Fsp3) is 0.192. The minimum absolute atomic E-state index is 0.0810. The summed E-state index contributed by atoms with van der Waals surface area (Å²) in [6.45, 7) is 1.81. The van der Waals surface area contributed by atoms with E-state index < -0.39 is 24.0 Å². The summed E-state index contributed by atoms with van der Waals surface area (Å²) in [4.78, 5) is 36.4. The van der Waals surface area contributed by atoms with Crippen molar-refractivity contribution >= 4 is 23.7 Å². The van der Waals surface area contributed by atoms with Crippen LogP contribution in [0.4, 0.5) is 10.5 Å². The number of rotatable bonds is 7. The lowest BCUT2D eigenvalue weighted by molar-refractivity contribution is -0.139. The second-order valence-electron chi connectivity index (χ2n) is 7.77. The van der Waals surface area contributed by atoms with Crippen LogP contribution in [0, 0.1) is 0 Å². The van der Waals surface area contributed by atoms with Crippen molar-refractivity contribution in [2.75, 3.05) is 11.9 Å². The molecule has 3 aromatic carbocycles. The van der Waals surface area contributed by atoms with E-state index >= 15 is 0 Å². The van der Waals surface area contributed by atoms with Gasteiger partial charge in [-0.2, -0.15) is 0 Å². The molecule has 1 aliphatic carbocycles. The molecule has 1 atom stereocenters. The molecule has 0 radical (unpaired) electrons. The zero-order valence-electron chi connectivity index (χ0n) is 18.1. The molecule has 1 unspecified atom stereocenters. The summed E-state index contributed by atoms with van der Waals surface area (Å²) in [6, 6.07) is 21.5. The highest BCUT2D eigenvalue weighted by molar-refractivity contribution is 6.03. The van der Waals surface area contributed by atoms with E-state index in [-0.39, 0.29) is 30.2 Å². The molecule has 0 fully saturated rings. The minimum atomic E-state index is -1.12. The van der Waals surface area contributed by atoms with Gasteiger partial charge in [0.05, 0.1) is 11.3 Å². The van der Waals surface area contributed by atoms with Gasteiger partial charge in [-0.15, -0.1) is 0 Å². The first-order chi connectivity index (χ1) is 16.0. The predicted octanol–water partition coefficient (Wildman–Crippen LogP) is 4.64. The molecular formula is C26H24N2O5. The lowest BCUT2D eigenvalue weighted by Crippen LogP contribution is -2.40. The van der Waals surface area contributed by atoms with E-state index in [1.165, 1.54) is 6.07 Å². The molecule has 3 N–H and O–H groups in total. The highest BCUT2D eigenvalue weighted by Gasteiger charge is 2.29. The lowest BCUT2D eigenvalue weighted by Gasteiger charge is -2.16. The topological polar surface area (TPSA) is 105 Å². The van der Waals surface area contributed by atoms with Crippen molar-refractivity contribution in [1.29, 1.82) is 0 Å². The summed E-state index contributed by atoms with van der Waals surface area (Å²) in [7, 11) is 0. The number of ether oxygens (including phenoxy) is 1. The van der Waals surface area contributed by atoms with Gasteiger partial charge in [-0.25, -0.2) is 9.59 Å². The van der Waals surface area contributed by atoms with E-state index in [1.807, 2.05) is 36.4 Å². The van der Waals surface area contributed by atoms with E-state index in [9.17, 15) is 19.5 Å². The van der Waals surface area contributed by atoms with Crippen molar-refractivity contribution in [1.82, 2.24) is 5.32 Å². The summed E-state index contributed by atoms with van der Waals surface area (Å²) in [6.07, 6.45) is -0.453. The highest BCUT2D eigenvalue weighted by Crippen LogP contribution is 2.44. The van der Waals surface area contributed by atoms with E-state index in [1.54, 1.807) is 25.1 Å². The van der Waals surface area contributed by atoms with Gasteiger partial charge in [-0.3, -0.25) is 10.1 Å². The Labute approximate surface area is 191 Å². The summed E-state index contributed by atoms with van der Waals surface area (Å²) in [5, 5.41) is 14.3. The Balaban J connectivity index is 1.46. The minimum Gasteiger partial charge on any atom is -0.480 e. The standard InChI is InChI=1S/C26H24N2O5/c1-2-22(25(30)31)27-24(29)20-13-7-8-14-23(20)28-26(32)33-15-21-18-11-5-3-9-16(18)17-10-4-6-12-19(17)21/h3-14,21-22H,2,15H2,1H3,(H,27,29)(H,28,32)(H,30,31). The van der Waals surface area contributed by atoms with Gasteiger partial charge in [0, 0.05) is 5.92 Å². The Bertz CT molecular complexity index is 1160. The number of fused-ring (bicyclic) bond motifs is 3. The zero-order chi connectivity index (χ0) is 23.4. The molecule has 3 aromatic rings. The highest BCUT2D eigenvalue weighted by atomic mass is 16.5. The van der Waals surface area contributed by atoms with E-state index in [4.69, 9.17) is 4.74 Å². The number of anilines is 1. The SMILES string of the molecule is CCC(NC(=O)c1ccccc1NC(=O)OCC1c2ccccc2-c2ccccc21)C(=O)O. The van der Waals surface area contributed by atoms with Crippen molar-refractivity contribution < 1.29 is 24.2 Å². The maximum absolute atomic E-state index is 12.6. The van der Waals surface area contributed by atoms with Crippen LogP contribution in [-0.2, 0) is 9.53 Å². The first-order valence-corrected chi connectivity index (χ1v) is 10.7. The molecular weight excluding hydrogens is 420 g/mol. The van der Waals surface area contributed by atoms with Crippen LogP contribution >= 0.6 is 0 Å². The number of benzene rings is 3. The lowest BCUT2D eigenvalue weighted by atomic mass is 9.98. The van der Waals surface area contributed by atoms with Crippen molar-refractivity contribution in [2.24, 2.45) is 0 Å². The van der Waals surface area contributed by atoms with Crippen LogP contribution in [0.3, 0.4) is 0 Å². The molecule has 168 valence electrons. The molecule has 1 aliphatic rings. The molecule has 2 amide bonds. The smallest absolute Gasteiger partial charge is 0.411 e. The largest absolute Gasteiger partial charge is 0.480 e. The van der Waals surface area contributed by atoms with Gasteiger partial charge in [0.25, 0.3) is 5.91 Å². The first kappa shape index (κ1) is 22.1. The van der Waals surface area contributed by atoms with Crippen LogP contribution in [0.5, 0.6) is 0 Å². The van der Waals surface area contributed by atoms with Gasteiger partial charge < -0.3 is 15.2 Å². The molecule has 0 aromatic heterocycles. The second-order valence-corrected chi connectivity index (χ2v) is 7.77. The summed E-state index contributed by atoms with van der Waals surface area (Å²) in [5.41, 5.74) is 4.87. The Kier molecular flexibility index (Phi) is 6.40. The van der Waals surface area contributed by atoms with Gasteiger partial charge in [-0.05, 0) is 40.8 Å². The van der Waals surface area contributed by atoms with Crippen LogP contribution < -0.4 is 10.6 Å². The van der Waals surface area contributed by atoms with Crippen LogP contribution in [0.1, 0.15) is 40.7 Å². The van der Waals surface area contributed by atoms with Crippen molar-refractivity contribution in [3.8, 4) is 11.1 Å². The molecule has 0 saturated heterocycles. The third kappa shape index (κ3) is 4.57. The Morgan fingerprint density at radius 2 is 1.48 bits per heavy atom. The Morgan fingerprint density at radius 1 is 0.909 bits per heavy atom. The predicted molar refractivity (Wildman–Crippen MR) is 124 cm³/mol. The number of carbonyl (C=O) groups is 3. The molecule has 33 heavy (non-hydrogen) atoms. The third-order valence-corrected chi connectivity index (χ3v) is 5.76. The Hall–Kier alpha value is -4.13. The number of aliphatic carboxylic acids is 1. The maximum atomic E-state index is 12.6. The molecule has 7 nitrogen and oxygen atoms in total. The number of amides is 2. The van der Waals surface area contributed by atoms with Crippen molar-refractivity contribution in [3.05, 3.63) is 89.5 Å². The number of carbonyl (C=O) groups excluding carboxylic acids is 2. The van der Waals surface area contributed by atoms with Crippen LogP contribution in [0.15, 0.2) is 72.8 Å². The first-order valence-electron chi connectivity index (χ1n) is 10.7. The average Bonchev–Trinajstić information content (AvgIpc) is 3.15. The van der Waals surface area contributed by atoms with Crippen molar-refractivity contribution in [3.63, 3.8) is 0 Å². The normalized spacial score (nSPS) is 12.9. The van der Waals surface area contributed by atoms with Gasteiger partial charge in [-0.1, -0.05) is 67.6 Å². The maximum Gasteiger partial charge on any atom is 0.411 e. The van der Waals surface area contributed by atoms with Crippen LogP contribution in [0.25, 0.3) is 11.1 Å². The van der Waals surface area contributed by atoms with Gasteiger partial charge in [0.1, 0.15) is 12.6 Å². The fourth-order valence-electron chi connectivity index (χ4n) is 4.11. The summed E-state index contributed by atoms with van der Waals surface area (Å²) >= 11 is 0. The molecule has 0 spiro atoms. The fourth-order valence-corrected chi connectivity index (χ4v) is 4.11. The van der Waals surface area contributed by atoms with Crippen LogP contribution in [0.2, 0.25) is 0 Å². The Morgan fingerprint density at radius 3 is 2.09 bits per heavy atom. The van der Waals surface area contributed by atoms with Gasteiger partial charge >= 0.3 is 12.1 Å². The van der Waals surface area contributed by atoms with E-state index in [2.05, 4.69) is 22.8 Å². The molecule has 7 heteroatoms. The molecule has 0 saturated carbocycles. The molecule has 0 aliphatic heterocycles. The molecule has 0 heterocycles. The number of para-hydroxylation sites is 1. The van der Waals surface area contributed by atoms with Gasteiger partial charge in [0.2, 0.25) is 0 Å². The zero-order valence-corrected chi connectivity index (χ0v) is 18.1. The summed E-state index contributed by atoms with van der Waals surface area (Å²) in [5.74, 6) is -1.78. The average molecular weight is 444 g/mol. The quantitative estimate of drug-likeness (QED) is 0.492. The number of hydrogen-bond donors (Lipinski definition) is 3. The van der Waals surface area contributed by atoms with Crippen LogP contribution in [-0.4, -0.2) is 35.7 Å². The molecule has 4 rings (SSSR count). The van der Waals surface area contributed by atoms with E-state index in [0.717, 1.165) is 22.3 Å². The number of nitrogens with one attached hydrogen (secondary N) is 2. The van der Waals surface area contributed by atoms with E-state index in [0.29, 0.717) is 0 Å². The van der Waals surface area contributed by atoms with Crippen molar-refractivity contribution in [2.45, 2.75) is 25.3 Å². The molecule has 0 bridgehead atoms.